The van der Waals surface area contributed by atoms with Crippen LogP contribution in [0, 0.1) is 24.1 Å². The van der Waals surface area contributed by atoms with Crippen LogP contribution in [-0.4, -0.2) is 27.0 Å². The summed E-state index contributed by atoms with van der Waals surface area (Å²) >= 11 is 0.540. The first kappa shape index (κ1) is 29.0. The molecule has 13 nitrogen and oxygen atoms in total. The summed E-state index contributed by atoms with van der Waals surface area (Å²) in [6, 6.07) is 10.6. The van der Waals surface area contributed by atoms with Crippen molar-refractivity contribution in [3.63, 3.8) is 0 Å². The number of nitrogens with zero attached hydrogens (tertiary/aromatic N) is 3. The van der Waals surface area contributed by atoms with E-state index in [0.717, 1.165) is 22.6 Å². The van der Waals surface area contributed by atoms with E-state index in [-0.39, 0.29) is 15.9 Å². The molecule has 3 rings (SSSR count). The zero-order valence-electron chi connectivity index (χ0n) is 18.8. The van der Waals surface area contributed by atoms with Crippen molar-refractivity contribution in [1.29, 1.82) is 0 Å². The summed E-state index contributed by atoms with van der Waals surface area (Å²) in [4.78, 5) is 0.00932. The average molecular weight is 568 g/mol. The minimum atomic E-state index is -4.94. The maximum Gasteiger partial charge on any atom is 0.267 e. The Morgan fingerprint density at radius 2 is 1.54 bits per heavy atom. The van der Waals surface area contributed by atoms with Gasteiger partial charge in [-0.3, -0.25) is 4.72 Å². The van der Waals surface area contributed by atoms with Gasteiger partial charge >= 0.3 is 0 Å². The summed E-state index contributed by atoms with van der Waals surface area (Å²) in [6.07, 6.45) is 0. The predicted octanol–water partition coefficient (Wildman–Crippen LogP) is -2.75. The van der Waals surface area contributed by atoms with Gasteiger partial charge in [-0.2, -0.15) is 4.57 Å². The number of aryl methyl sites for hydroxylation is 2. The molecule has 0 amide bonds. The van der Waals surface area contributed by atoms with E-state index in [4.69, 9.17) is 23.8 Å². The molecule has 0 atom stereocenters. The highest BCUT2D eigenvalue weighted by Crippen LogP contribution is 2.23. The lowest BCUT2D eigenvalue weighted by molar-refractivity contribution is -2.00. The summed E-state index contributed by atoms with van der Waals surface area (Å²) in [5, 5.41) is 11.7. The predicted molar refractivity (Wildman–Crippen MR) is 114 cm³/mol. The van der Waals surface area contributed by atoms with Crippen LogP contribution in [-0.2, 0) is 20.0 Å². The van der Waals surface area contributed by atoms with Crippen LogP contribution < -0.4 is 33.1 Å². The number of rotatable bonds is 6. The van der Waals surface area contributed by atoms with E-state index in [1.807, 2.05) is 13.8 Å². The number of anilines is 1. The first-order valence-electron chi connectivity index (χ1n) is 9.53. The molecule has 0 saturated heterocycles. The van der Waals surface area contributed by atoms with Gasteiger partial charge in [0.15, 0.2) is 11.4 Å². The molecule has 35 heavy (non-hydrogen) atoms. The largest absolute Gasteiger partial charge is 0.267 e. The number of primary sulfonamides is 1. The quantitative estimate of drug-likeness (QED) is 0.291. The van der Waals surface area contributed by atoms with Crippen LogP contribution in [0.5, 0.6) is 0 Å². The Bertz CT molecular complexity index is 1400. The van der Waals surface area contributed by atoms with E-state index < -0.39 is 34.6 Å². The topological polar surface area (TPSA) is 228 Å². The lowest BCUT2D eigenvalue weighted by Gasteiger charge is -2.17. The minimum absolute atomic E-state index is 0.00932. The normalized spacial score (nSPS) is 12.3. The van der Waals surface area contributed by atoms with Gasteiger partial charge in [-0.25, -0.2) is 40.6 Å². The molecule has 0 unspecified atom stereocenters. The van der Waals surface area contributed by atoms with Crippen molar-refractivity contribution >= 4 is 36.5 Å². The Morgan fingerprint density at radius 1 is 1.00 bits per heavy atom. The molecular weight excluding hydrogens is 546 g/mol. The Hall–Kier alpha value is -2.28. The molecule has 192 valence electrons. The summed E-state index contributed by atoms with van der Waals surface area (Å²) in [6.45, 7) is 8.25. The lowest BCUT2D eigenvalue weighted by Crippen LogP contribution is -2.68. The van der Waals surface area contributed by atoms with Crippen LogP contribution in [0.4, 0.5) is 5.13 Å². The second-order valence-corrected chi connectivity index (χ2v) is 12.6. The van der Waals surface area contributed by atoms with Crippen LogP contribution in [0.1, 0.15) is 36.7 Å². The second kappa shape index (κ2) is 10.8. The number of hydrogen-bond acceptors (Lipinski definition) is 11. The van der Waals surface area contributed by atoms with Crippen molar-refractivity contribution < 1.29 is 50.3 Å². The van der Waals surface area contributed by atoms with Gasteiger partial charge in [-0.15, -0.1) is 20.4 Å². The first-order valence-corrected chi connectivity index (χ1v) is 14.6. The van der Waals surface area contributed by atoms with Gasteiger partial charge in [0.25, 0.3) is 20.0 Å². The highest BCUT2D eigenvalue weighted by atomic mass is 35.7. The number of aromatic nitrogens is 3. The maximum atomic E-state index is 12.6. The van der Waals surface area contributed by atoms with E-state index in [9.17, 15) is 16.8 Å². The van der Waals surface area contributed by atoms with Crippen LogP contribution >= 0.6 is 11.3 Å². The van der Waals surface area contributed by atoms with E-state index in [2.05, 4.69) is 45.5 Å². The van der Waals surface area contributed by atoms with Gasteiger partial charge in [-0.1, -0.05) is 25.2 Å². The van der Waals surface area contributed by atoms with Gasteiger partial charge in [0.05, 0.1) is 4.90 Å². The molecule has 2 aromatic heterocycles. The molecule has 0 saturated carbocycles. The Morgan fingerprint density at radius 3 is 2.00 bits per heavy atom. The third kappa shape index (κ3) is 8.41. The molecule has 3 aromatic rings. The smallest absolute Gasteiger partial charge is 0.253 e. The van der Waals surface area contributed by atoms with Crippen molar-refractivity contribution in [3.8, 4) is 5.69 Å². The zero-order chi connectivity index (χ0) is 26.8. The number of nitrogens with two attached hydrogens (primary N) is 1. The first-order chi connectivity index (χ1) is 15.9. The number of hydrogen-bond donors (Lipinski definition) is 2. The van der Waals surface area contributed by atoms with E-state index in [0.29, 0.717) is 11.3 Å². The Kier molecular flexibility index (Phi) is 8.91. The number of sulfonamides is 2. The fraction of sp³-hybridized carbons (Fsp3) is 0.278. The monoisotopic (exact) mass is 567 g/mol. The average Bonchev–Trinajstić information content (AvgIpc) is 3.14. The highest BCUT2D eigenvalue weighted by Gasteiger charge is 2.23. The van der Waals surface area contributed by atoms with Crippen molar-refractivity contribution in [2.24, 2.45) is 5.14 Å². The summed E-state index contributed by atoms with van der Waals surface area (Å²) in [5.41, 5.74) is 4.15. The van der Waals surface area contributed by atoms with Gasteiger partial charge in [-0.05, 0) is 24.6 Å². The zero-order valence-corrected chi connectivity index (χ0v) is 22.0. The SMILES string of the molecule is Cc1cc(C)[n+](-c2ccc(S(=O)(=O)Nc3nnc(S(N)(=O)=O)s3)cc2)c(C(C)C)c1.[O-][Cl+3]([O-])([O-])[O-]. The van der Waals surface area contributed by atoms with Crippen molar-refractivity contribution in [2.75, 3.05) is 4.72 Å². The molecule has 0 aliphatic rings. The molecule has 3 N–H and O–H groups in total. The Labute approximate surface area is 208 Å². The molecule has 0 spiro atoms. The third-order valence-corrected chi connectivity index (χ3v) is 7.92. The minimum Gasteiger partial charge on any atom is -0.253 e. The fourth-order valence-corrected chi connectivity index (χ4v) is 5.59. The van der Waals surface area contributed by atoms with Crippen LogP contribution in [0.25, 0.3) is 5.69 Å². The lowest BCUT2D eigenvalue weighted by atomic mass is 10.1. The summed E-state index contributed by atoms with van der Waals surface area (Å²) in [5.74, 6) is 0.277. The van der Waals surface area contributed by atoms with Gasteiger partial charge in [0.1, 0.15) is 0 Å². The van der Waals surface area contributed by atoms with Crippen LogP contribution in [0.15, 0.2) is 45.6 Å². The molecule has 1 aromatic carbocycles. The summed E-state index contributed by atoms with van der Waals surface area (Å²) in [7, 11) is -13.0. The van der Waals surface area contributed by atoms with Gasteiger partial charge < -0.3 is 0 Å². The fourth-order valence-electron chi connectivity index (χ4n) is 3.03. The van der Waals surface area contributed by atoms with Crippen molar-refractivity contribution in [1.82, 2.24) is 10.2 Å². The van der Waals surface area contributed by atoms with Gasteiger partial charge in [0, 0.05) is 37.1 Å². The molecule has 0 fully saturated rings. The van der Waals surface area contributed by atoms with E-state index >= 15 is 0 Å². The third-order valence-electron chi connectivity index (χ3n) is 4.29. The van der Waals surface area contributed by atoms with Crippen LogP contribution in [0.2, 0.25) is 0 Å². The standard InChI is InChI=1S/C18H22N5O4S3.ClHO4/c1-11(2)16-10-12(3)9-13(4)23(16)14-5-7-15(8-6-14)30(26,27)22-17-20-21-18(28-17)29(19,24)25;2-1(3,4)5/h5-11H,1-4H3,(H,20,22)(H2,19,24,25);(H,2,3,4,5)/q+1;/p-1. The molecule has 0 radical (unpaired) electrons. The van der Waals surface area contributed by atoms with E-state index in [1.165, 1.54) is 12.1 Å². The molecule has 0 aliphatic heterocycles. The molecule has 0 aliphatic carbocycles. The highest BCUT2D eigenvalue weighted by molar-refractivity contribution is 7.93. The second-order valence-electron chi connectivity index (χ2n) is 7.48. The molecule has 17 heteroatoms. The van der Waals surface area contributed by atoms with Crippen LogP contribution in [0.3, 0.4) is 0 Å². The Balaban J connectivity index is 0.000000784. The maximum absolute atomic E-state index is 12.6. The number of pyridine rings is 1. The summed E-state index contributed by atoms with van der Waals surface area (Å²) < 4.78 is 85.7. The number of nitrogens with one attached hydrogen (secondary N) is 1. The van der Waals surface area contributed by atoms with Crippen molar-refractivity contribution in [3.05, 3.63) is 53.3 Å². The van der Waals surface area contributed by atoms with E-state index in [1.54, 1.807) is 12.1 Å². The molecule has 2 heterocycles. The van der Waals surface area contributed by atoms with Crippen molar-refractivity contribution in [2.45, 2.75) is 42.8 Å². The number of halogens is 1. The molecule has 0 bridgehead atoms. The number of benzene rings is 1. The van der Waals surface area contributed by atoms with Gasteiger partial charge in [0.2, 0.25) is 15.2 Å². The molecular formula is C18H22ClN5O8S3.